The fraction of sp³-hybridized carbons (Fsp3) is 0.467. The second-order valence-corrected chi connectivity index (χ2v) is 4.74. The fourth-order valence-electron chi connectivity index (χ4n) is 1.98. The van der Waals surface area contributed by atoms with E-state index in [-0.39, 0.29) is 12.5 Å². The van der Waals surface area contributed by atoms with Crippen molar-refractivity contribution >= 4 is 5.91 Å². The Balaban J connectivity index is 2.63. The van der Waals surface area contributed by atoms with Gasteiger partial charge in [-0.2, -0.15) is 5.26 Å². The molecule has 0 unspecified atom stereocenters. The summed E-state index contributed by atoms with van der Waals surface area (Å²) in [6.07, 6.45) is 0.338. The second-order valence-electron chi connectivity index (χ2n) is 4.74. The summed E-state index contributed by atoms with van der Waals surface area (Å²) in [4.78, 5) is 13.3. The van der Waals surface area contributed by atoms with Crippen molar-refractivity contribution in [3.63, 3.8) is 0 Å². The molecule has 102 valence electrons. The van der Waals surface area contributed by atoms with E-state index in [0.717, 1.165) is 16.9 Å². The lowest BCUT2D eigenvalue weighted by Gasteiger charge is -2.17. The molecule has 0 saturated heterocycles. The van der Waals surface area contributed by atoms with Gasteiger partial charge in [-0.15, -0.1) is 0 Å². The molecule has 0 saturated carbocycles. The number of amides is 1. The quantitative estimate of drug-likeness (QED) is 0.816. The van der Waals surface area contributed by atoms with Gasteiger partial charge in [0.25, 0.3) is 5.91 Å². The molecule has 0 aromatic heterocycles. The van der Waals surface area contributed by atoms with Gasteiger partial charge in [0.2, 0.25) is 0 Å². The van der Waals surface area contributed by atoms with Gasteiger partial charge in [0.15, 0.2) is 6.61 Å². The first-order valence-electron chi connectivity index (χ1n) is 6.27. The smallest absolute Gasteiger partial charge is 0.260 e. The van der Waals surface area contributed by atoms with Gasteiger partial charge in [-0.05, 0) is 31.9 Å². The minimum absolute atomic E-state index is 0.00662. The Bertz CT molecular complexity index is 480. The first-order chi connectivity index (χ1) is 8.95. The molecular formula is C15H20N2O2. The highest BCUT2D eigenvalue weighted by Gasteiger charge is 2.11. The van der Waals surface area contributed by atoms with E-state index in [1.807, 2.05) is 39.0 Å². The molecule has 0 aliphatic carbocycles. The Hall–Kier alpha value is -2.02. The van der Waals surface area contributed by atoms with Gasteiger partial charge in [-0.3, -0.25) is 4.79 Å². The number of nitrogens with zero attached hydrogens (tertiary/aromatic N) is 2. The molecule has 0 fully saturated rings. The third kappa shape index (κ3) is 4.29. The monoisotopic (exact) mass is 260 g/mol. The molecule has 0 spiro atoms. The Labute approximate surface area is 114 Å². The SMILES string of the molecule is Cc1cc(C)c(OCC(=O)N(C)CCC#N)c(C)c1. The van der Waals surface area contributed by atoms with Crippen LogP contribution in [0, 0.1) is 32.1 Å². The molecule has 0 aliphatic heterocycles. The summed E-state index contributed by atoms with van der Waals surface area (Å²) in [6, 6.07) is 6.08. The van der Waals surface area contributed by atoms with Crippen molar-refractivity contribution < 1.29 is 9.53 Å². The third-order valence-corrected chi connectivity index (χ3v) is 2.93. The maximum atomic E-state index is 11.8. The molecule has 4 nitrogen and oxygen atoms in total. The van der Waals surface area contributed by atoms with Gasteiger partial charge < -0.3 is 9.64 Å². The molecule has 0 bridgehead atoms. The Morgan fingerprint density at radius 3 is 2.42 bits per heavy atom. The summed E-state index contributed by atoms with van der Waals surface area (Å²) in [5.41, 5.74) is 3.25. The highest BCUT2D eigenvalue weighted by molar-refractivity contribution is 5.77. The predicted octanol–water partition coefficient (Wildman–Crippen LogP) is 2.36. The Morgan fingerprint density at radius 2 is 1.89 bits per heavy atom. The normalized spacial score (nSPS) is 9.84. The molecule has 0 atom stereocenters. The number of hydrogen-bond acceptors (Lipinski definition) is 3. The molecule has 1 aromatic carbocycles. The number of ether oxygens (including phenoxy) is 1. The zero-order valence-corrected chi connectivity index (χ0v) is 12.0. The standard InChI is InChI=1S/C15H20N2O2/c1-11-8-12(2)15(13(3)9-11)19-10-14(18)17(4)7-5-6-16/h8-9H,5,7,10H2,1-4H3. The summed E-state index contributed by atoms with van der Waals surface area (Å²) in [6.45, 7) is 6.42. The second kappa shape index (κ2) is 6.79. The first-order valence-corrected chi connectivity index (χ1v) is 6.27. The van der Waals surface area contributed by atoms with Crippen LogP contribution in [0.4, 0.5) is 0 Å². The van der Waals surface area contributed by atoms with Crippen molar-refractivity contribution in [3.05, 3.63) is 28.8 Å². The van der Waals surface area contributed by atoms with Crippen molar-refractivity contribution in [1.82, 2.24) is 4.90 Å². The molecule has 1 aromatic rings. The van der Waals surface area contributed by atoms with E-state index < -0.39 is 0 Å². The third-order valence-electron chi connectivity index (χ3n) is 2.93. The number of likely N-dealkylation sites (N-methyl/N-ethyl adjacent to an activating group) is 1. The van der Waals surface area contributed by atoms with E-state index in [2.05, 4.69) is 0 Å². The lowest BCUT2D eigenvalue weighted by atomic mass is 10.1. The van der Waals surface area contributed by atoms with Crippen molar-refractivity contribution in [2.24, 2.45) is 0 Å². The van der Waals surface area contributed by atoms with Gasteiger partial charge in [-0.1, -0.05) is 17.7 Å². The van der Waals surface area contributed by atoms with Crippen LogP contribution in [-0.2, 0) is 4.79 Å². The molecule has 0 aliphatic rings. The van der Waals surface area contributed by atoms with E-state index in [4.69, 9.17) is 10.00 Å². The van der Waals surface area contributed by atoms with Crippen LogP contribution < -0.4 is 4.74 Å². The van der Waals surface area contributed by atoms with Crippen LogP contribution >= 0.6 is 0 Å². The number of carbonyl (C=O) groups excluding carboxylic acids is 1. The zero-order valence-electron chi connectivity index (χ0n) is 12.0. The van der Waals surface area contributed by atoms with Gasteiger partial charge in [0.05, 0.1) is 12.5 Å². The zero-order chi connectivity index (χ0) is 14.4. The summed E-state index contributed by atoms with van der Waals surface area (Å²) >= 11 is 0. The summed E-state index contributed by atoms with van der Waals surface area (Å²) in [5.74, 6) is 0.655. The minimum atomic E-state index is -0.116. The Morgan fingerprint density at radius 1 is 1.32 bits per heavy atom. The van der Waals surface area contributed by atoms with Crippen LogP contribution in [0.15, 0.2) is 12.1 Å². The number of rotatable bonds is 5. The van der Waals surface area contributed by atoms with Crippen molar-refractivity contribution in [2.45, 2.75) is 27.2 Å². The van der Waals surface area contributed by atoms with Crippen LogP contribution in [0.2, 0.25) is 0 Å². The molecule has 1 rings (SSSR count). The lowest BCUT2D eigenvalue weighted by molar-refractivity contribution is -0.132. The van der Waals surface area contributed by atoms with Crippen molar-refractivity contribution in [1.29, 1.82) is 5.26 Å². The first kappa shape index (κ1) is 15.0. The molecule has 0 radical (unpaired) electrons. The maximum absolute atomic E-state index is 11.8. The number of nitriles is 1. The summed E-state index contributed by atoms with van der Waals surface area (Å²) < 4.78 is 5.61. The van der Waals surface area contributed by atoms with E-state index in [1.165, 1.54) is 10.5 Å². The van der Waals surface area contributed by atoms with E-state index in [1.54, 1.807) is 7.05 Å². The highest BCUT2D eigenvalue weighted by Crippen LogP contribution is 2.24. The lowest BCUT2D eigenvalue weighted by Crippen LogP contribution is -2.32. The van der Waals surface area contributed by atoms with Crippen LogP contribution in [0.5, 0.6) is 5.75 Å². The molecule has 0 heterocycles. The minimum Gasteiger partial charge on any atom is -0.483 e. The van der Waals surface area contributed by atoms with E-state index >= 15 is 0 Å². The fourth-order valence-corrected chi connectivity index (χ4v) is 1.98. The van der Waals surface area contributed by atoms with Gasteiger partial charge in [0, 0.05) is 13.6 Å². The largest absolute Gasteiger partial charge is 0.483 e. The average molecular weight is 260 g/mol. The molecule has 0 N–H and O–H groups in total. The number of benzene rings is 1. The van der Waals surface area contributed by atoms with Crippen molar-refractivity contribution in [3.8, 4) is 11.8 Å². The summed E-state index contributed by atoms with van der Waals surface area (Å²) in [7, 11) is 1.68. The van der Waals surface area contributed by atoms with Crippen LogP contribution in [0.1, 0.15) is 23.1 Å². The maximum Gasteiger partial charge on any atom is 0.260 e. The molecule has 1 amide bonds. The number of hydrogen-bond donors (Lipinski definition) is 0. The molecule has 4 heteroatoms. The van der Waals surface area contributed by atoms with Crippen LogP contribution in [-0.4, -0.2) is 31.0 Å². The van der Waals surface area contributed by atoms with Gasteiger partial charge in [0.1, 0.15) is 5.75 Å². The Kier molecular flexibility index (Phi) is 5.37. The highest BCUT2D eigenvalue weighted by atomic mass is 16.5. The van der Waals surface area contributed by atoms with Gasteiger partial charge >= 0.3 is 0 Å². The number of carbonyl (C=O) groups is 1. The average Bonchev–Trinajstić information content (AvgIpc) is 2.34. The van der Waals surface area contributed by atoms with E-state index in [9.17, 15) is 4.79 Å². The van der Waals surface area contributed by atoms with Crippen molar-refractivity contribution in [2.75, 3.05) is 20.2 Å². The molecular weight excluding hydrogens is 240 g/mol. The van der Waals surface area contributed by atoms with Crippen LogP contribution in [0.25, 0.3) is 0 Å². The summed E-state index contributed by atoms with van der Waals surface area (Å²) in [5, 5.41) is 8.48. The predicted molar refractivity (Wildman–Crippen MR) is 74.0 cm³/mol. The number of aryl methyl sites for hydroxylation is 3. The molecule has 19 heavy (non-hydrogen) atoms. The van der Waals surface area contributed by atoms with Crippen LogP contribution in [0.3, 0.4) is 0 Å². The topological polar surface area (TPSA) is 53.3 Å². The van der Waals surface area contributed by atoms with Gasteiger partial charge in [-0.25, -0.2) is 0 Å². The van der Waals surface area contributed by atoms with E-state index in [0.29, 0.717) is 13.0 Å².